The molecular weight excluding hydrogens is 306 g/mol. The molecule has 0 aliphatic carbocycles. The van der Waals surface area contributed by atoms with Gasteiger partial charge in [-0.05, 0) is 19.1 Å². The minimum Gasteiger partial charge on any atom is -0.378 e. The number of nitrogens with one attached hydrogen (secondary N) is 2. The van der Waals surface area contributed by atoms with Gasteiger partial charge < -0.3 is 15.0 Å². The molecule has 1 aliphatic rings. The molecule has 1 saturated heterocycles. The van der Waals surface area contributed by atoms with Crippen LogP contribution in [0.2, 0.25) is 0 Å². The number of imidazole rings is 1. The molecule has 0 spiro atoms. The number of aromatic amines is 1. The first-order valence-electron chi connectivity index (χ1n) is 6.37. The zero-order chi connectivity index (χ0) is 13.2. The predicted octanol–water partition coefficient (Wildman–Crippen LogP) is 2.81. The van der Waals surface area contributed by atoms with Crippen LogP contribution in [0, 0.1) is 6.92 Å². The average molecular weight is 322 g/mol. The molecule has 0 radical (unpaired) electrons. The Kier molecular flexibility index (Phi) is 3.68. The molecule has 1 aliphatic heterocycles. The van der Waals surface area contributed by atoms with Gasteiger partial charge in [0.1, 0.15) is 5.82 Å². The zero-order valence-corrected chi connectivity index (χ0v) is 12.3. The number of aromatic nitrogens is 2. The van der Waals surface area contributed by atoms with Crippen LogP contribution in [-0.2, 0) is 4.74 Å². The maximum atomic E-state index is 5.48. The summed E-state index contributed by atoms with van der Waals surface area (Å²) < 4.78 is 6.54. The molecule has 4 nitrogen and oxygen atoms in total. The Bertz CT molecular complexity index is 576. The minimum atomic E-state index is 0.161. The molecule has 3 rings (SSSR count). The van der Waals surface area contributed by atoms with E-state index in [1.807, 2.05) is 12.1 Å². The van der Waals surface area contributed by atoms with E-state index in [2.05, 4.69) is 45.3 Å². The number of benzene rings is 1. The third-order valence-corrected chi connectivity index (χ3v) is 3.75. The Hall–Kier alpha value is -1.17. The highest BCUT2D eigenvalue weighted by Gasteiger charge is 2.20. The number of nitrogens with zero attached hydrogens (tertiary/aromatic N) is 1. The van der Waals surface area contributed by atoms with Crippen LogP contribution in [-0.4, -0.2) is 29.7 Å². The maximum absolute atomic E-state index is 5.48. The van der Waals surface area contributed by atoms with Crippen molar-refractivity contribution in [1.82, 2.24) is 15.3 Å². The molecular formula is C14H16BrN3O. The molecule has 19 heavy (non-hydrogen) atoms. The van der Waals surface area contributed by atoms with E-state index in [-0.39, 0.29) is 6.04 Å². The van der Waals surface area contributed by atoms with Gasteiger partial charge in [0.05, 0.1) is 24.9 Å². The normalized spacial score (nSPS) is 19.6. The van der Waals surface area contributed by atoms with Gasteiger partial charge in [-0.3, -0.25) is 0 Å². The summed E-state index contributed by atoms with van der Waals surface area (Å²) in [6.07, 6.45) is 0. The van der Waals surface area contributed by atoms with E-state index in [0.717, 1.165) is 40.4 Å². The maximum Gasteiger partial charge on any atom is 0.126 e. The van der Waals surface area contributed by atoms with Gasteiger partial charge in [-0.2, -0.15) is 0 Å². The lowest BCUT2D eigenvalue weighted by Gasteiger charge is -2.21. The van der Waals surface area contributed by atoms with E-state index >= 15 is 0 Å². The van der Waals surface area contributed by atoms with Crippen LogP contribution >= 0.6 is 15.9 Å². The summed E-state index contributed by atoms with van der Waals surface area (Å²) in [6, 6.07) is 8.35. The highest BCUT2D eigenvalue weighted by atomic mass is 79.9. The number of H-pyrrole nitrogens is 1. The second-order valence-corrected chi connectivity index (χ2v) is 5.60. The van der Waals surface area contributed by atoms with E-state index in [0.29, 0.717) is 6.61 Å². The molecule has 5 heteroatoms. The Balaban J connectivity index is 1.92. The van der Waals surface area contributed by atoms with Crippen molar-refractivity contribution in [1.29, 1.82) is 0 Å². The molecule has 100 valence electrons. The van der Waals surface area contributed by atoms with Crippen LogP contribution < -0.4 is 5.32 Å². The van der Waals surface area contributed by atoms with E-state index in [9.17, 15) is 0 Å². The summed E-state index contributed by atoms with van der Waals surface area (Å²) in [5.74, 6) is 0.951. The molecule has 0 amide bonds. The number of rotatable bonds is 2. The van der Waals surface area contributed by atoms with Crippen molar-refractivity contribution in [3.05, 3.63) is 40.3 Å². The third kappa shape index (κ3) is 2.73. The number of hydrogen-bond acceptors (Lipinski definition) is 3. The van der Waals surface area contributed by atoms with Crippen molar-refractivity contribution in [2.45, 2.75) is 13.0 Å². The molecule has 2 heterocycles. The zero-order valence-electron chi connectivity index (χ0n) is 10.7. The number of halogens is 1. The first kappa shape index (κ1) is 12.8. The van der Waals surface area contributed by atoms with Gasteiger partial charge in [-0.1, -0.05) is 28.1 Å². The molecule has 1 aromatic carbocycles. The van der Waals surface area contributed by atoms with Gasteiger partial charge in [0, 0.05) is 22.3 Å². The molecule has 2 N–H and O–H groups in total. The molecule has 0 bridgehead atoms. The first-order chi connectivity index (χ1) is 9.24. The fraction of sp³-hybridized carbons (Fsp3) is 0.357. The first-order valence-corrected chi connectivity index (χ1v) is 7.17. The van der Waals surface area contributed by atoms with E-state index in [4.69, 9.17) is 9.72 Å². The van der Waals surface area contributed by atoms with Crippen LogP contribution in [0.15, 0.2) is 28.7 Å². The minimum absolute atomic E-state index is 0.161. The van der Waals surface area contributed by atoms with E-state index in [1.165, 1.54) is 0 Å². The topological polar surface area (TPSA) is 49.9 Å². The molecule has 1 atom stereocenters. The van der Waals surface area contributed by atoms with Crippen molar-refractivity contribution in [2.24, 2.45) is 0 Å². The second kappa shape index (κ2) is 5.45. The molecule has 1 unspecified atom stereocenters. The van der Waals surface area contributed by atoms with E-state index < -0.39 is 0 Å². The Labute approximate surface area is 120 Å². The smallest absolute Gasteiger partial charge is 0.126 e. The number of morpholine rings is 1. The average Bonchev–Trinajstić information content (AvgIpc) is 2.82. The SMILES string of the molecule is Cc1[nH]c(C2COCCN2)nc1-c1cccc(Br)c1. The summed E-state index contributed by atoms with van der Waals surface area (Å²) in [7, 11) is 0. The van der Waals surface area contributed by atoms with Crippen molar-refractivity contribution in [3.8, 4) is 11.3 Å². The lowest BCUT2D eigenvalue weighted by molar-refractivity contribution is 0.0745. The number of hydrogen-bond donors (Lipinski definition) is 2. The predicted molar refractivity (Wildman–Crippen MR) is 78.0 cm³/mol. The van der Waals surface area contributed by atoms with Crippen LogP contribution in [0.4, 0.5) is 0 Å². The Morgan fingerprint density at radius 3 is 3.05 bits per heavy atom. The van der Waals surface area contributed by atoms with Gasteiger partial charge in [0.25, 0.3) is 0 Å². The van der Waals surface area contributed by atoms with Crippen molar-refractivity contribution in [2.75, 3.05) is 19.8 Å². The summed E-state index contributed by atoms with van der Waals surface area (Å²) in [4.78, 5) is 8.09. The molecule has 2 aromatic rings. The van der Waals surface area contributed by atoms with Crippen LogP contribution in [0.5, 0.6) is 0 Å². The standard InChI is InChI=1S/C14H16BrN3O/c1-9-13(10-3-2-4-11(15)7-10)18-14(17-9)12-8-19-6-5-16-12/h2-4,7,12,16H,5-6,8H2,1H3,(H,17,18). The van der Waals surface area contributed by atoms with Gasteiger partial charge in [-0.25, -0.2) is 4.98 Å². The second-order valence-electron chi connectivity index (χ2n) is 4.69. The summed E-state index contributed by atoms with van der Waals surface area (Å²) in [5, 5.41) is 3.41. The van der Waals surface area contributed by atoms with Gasteiger partial charge in [0.2, 0.25) is 0 Å². The van der Waals surface area contributed by atoms with Crippen molar-refractivity contribution >= 4 is 15.9 Å². The summed E-state index contributed by atoms with van der Waals surface area (Å²) >= 11 is 3.50. The molecule has 1 aromatic heterocycles. The van der Waals surface area contributed by atoms with Crippen LogP contribution in [0.1, 0.15) is 17.6 Å². The Morgan fingerprint density at radius 2 is 2.32 bits per heavy atom. The third-order valence-electron chi connectivity index (χ3n) is 3.25. The summed E-state index contributed by atoms with van der Waals surface area (Å²) in [6.45, 7) is 4.37. The number of aryl methyl sites for hydroxylation is 1. The largest absolute Gasteiger partial charge is 0.378 e. The van der Waals surface area contributed by atoms with Gasteiger partial charge >= 0.3 is 0 Å². The molecule has 1 fully saturated rings. The lowest BCUT2D eigenvalue weighted by atomic mass is 10.1. The fourth-order valence-corrected chi connectivity index (χ4v) is 2.71. The summed E-state index contributed by atoms with van der Waals surface area (Å²) in [5.41, 5.74) is 3.20. The van der Waals surface area contributed by atoms with Crippen LogP contribution in [0.25, 0.3) is 11.3 Å². The van der Waals surface area contributed by atoms with Crippen LogP contribution in [0.3, 0.4) is 0 Å². The molecule has 0 saturated carbocycles. The van der Waals surface area contributed by atoms with Crippen molar-refractivity contribution in [3.63, 3.8) is 0 Å². The lowest BCUT2D eigenvalue weighted by Crippen LogP contribution is -2.35. The number of ether oxygens (including phenoxy) is 1. The highest BCUT2D eigenvalue weighted by Crippen LogP contribution is 2.26. The van der Waals surface area contributed by atoms with E-state index in [1.54, 1.807) is 0 Å². The van der Waals surface area contributed by atoms with Gasteiger partial charge in [0.15, 0.2) is 0 Å². The monoisotopic (exact) mass is 321 g/mol. The highest BCUT2D eigenvalue weighted by molar-refractivity contribution is 9.10. The Morgan fingerprint density at radius 1 is 1.42 bits per heavy atom. The fourth-order valence-electron chi connectivity index (χ4n) is 2.31. The quantitative estimate of drug-likeness (QED) is 0.894. The van der Waals surface area contributed by atoms with Gasteiger partial charge in [-0.15, -0.1) is 0 Å². The van der Waals surface area contributed by atoms with Crippen molar-refractivity contribution < 1.29 is 4.74 Å².